The van der Waals surface area contributed by atoms with E-state index >= 15 is 0 Å². The Kier molecular flexibility index (Phi) is 6.83. The van der Waals surface area contributed by atoms with Crippen LogP contribution in [-0.4, -0.2) is 18.8 Å². The van der Waals surface area contributed by atoms with Crippen LogP contribution in [0, 0.1) is 5.92 Å². The first-order valence-electron chi connectivity index (χ1n) is 7.16. The number of hydrogen-bond donors (Lipinski definition) is 1. The first kappa shape index (κ1) is 14.7. The quantitative estimate of drug-likeness (QED) is 0.688. The van der Waals surface area contributed by atoms with Crippen molar-refractivity contribution in [2.45, 2.75) is 70.9 Å². The van der Waals surface area contributed by atoms with Crippen LogP contribution in [0.1, 0.15) is 58.8 Å². The summed E-state index contributed by atoms with van der Waals surface area (Å²) in [6.07, 6.45) is 8.98. The normalized spacial score (nSPS) is 21.1. The molecule has 1 fully saturated rings. The monoisotopic (exact) mass is 239 g/mol. The standard InChI is InChI=1S/C15H29NO/c1-4-17-15(13-8-6-5-7-9-13)14(16)11-10-12(2)3/h13-15H,2,4-11,16H2,1,3H3. The van der Waals surface area contributed by atoms with Gasteiger partial charge in [0.2, 0.25) is 0 Å². The van der Waals surface area contributed by atoms with Crippen molar-refractivity contribution < 1.29 is 4.74 Å². The summed E-state index contributed by atoms with van der Waals surface area (Å²) in [5.74, 6) is 0.684. The lowest BCUT2D eigenvalue weighted by atomic mass is 9.81. The molecule has 0 radical (unpaired) electrons. The molecule has 2 heteroatoms. The molecule has 1 aliphatic carbocycles. The van der Waals surface area contributed by atoms with Gasteiger partial charge in [-0.15, -0.1) is 6.58 Å². The molecule has 17 heavy (non-hydrogen) atoms. The van der Waals surface area contributed by atoms with Gasteiger partial charge in [-0.3, -0.25) is 0 Å². The van der Waals surface area contributed by atoms with Crippen LogP contribution >= 0.6 is 0 Å². The van der Waals surface area contributed by atoms with Crippen LogP contribution in [0.25, 0.3) is 0 Å². The minimum atomic E-state index is 0.176. The fourth-order valence-electron chi connectivity index (χ4n) is 2.84. The van der Waals surface area contributed by atoms with E-state index in [1.165, 1.54) is 37.7 Å². The van der Waals surface area contributed by atoms with Gasteiger partial charge < -0.3 is 10.5 Å². The van der Waals surface area contributed by atoms with Crippen LogP contribution in [0.5, 0.6) is 0 Å². The van der Waals surface area contributed by atoms with Crippen molar-refractivity contribution in [1.82, 2.24) is 0 Å². The second-order valence-corrected chi connectivity index (χ2v) is 5.48. The highest BCUT2D eigenvalue weighted by Gasteiger charge is 2.28. The number of ether oxygens (including phenoxy) is 1. The first-order chi connectivity index (χ1) is 8.15. The summed E-state index contributed by atoms with van der Waals surface area (Å²) in [6.45, 7) is 8.87. The summed E-state index contributed by atoms with van der Waals surface area (Å²) < 4.78 is 5.92. The molecule has 2 atom stereocenters. The van der Waals surface area contributed by atoms with Gasteiger partial charge >= 0.3 is 0 Å². The van der Waals surface area contributed by atoms with Crippen LogP contribution in [0.3, 0.4) is 0 Å². The van der Waals surface area contributed by atoms with Crippen molar-refractivity contribution in [1.29, 1.82) is 0 Å². The van der Waals surface area contributed by atoms with Crippen LogP contribution in [0.15, 0.2) is 12.2 Å². The number of hydrogen-bond acceptors (Lipinski definition) is 2. The largest absolute Gasteiger partial charge is 0.377 e. The van der Waals surface area contributed by atoms with Crippen molar-refractivity contribution in [3.63, 3.8) is 0 Å². The van der Waals surface area contributed by atoms with E-state index in [2.05, 4.69) is 20.4 Å². The molecule has 1 aliphatic rings. The van der Waals surface area contributed by atoms with Crippen molar-refractivity contribution in [3.05, 3.63) is 12.2 Å². The third kappa shape index (κ3) is 5.22. The third-order valence-corrected chi connectivity index (χ3v) is 3.80. The maximum absolute atomic E-state index is 6.32. The van der Waals surface area contributed by atoms with Gasteiger partial charge in [0.1, 0.15) is 0 Å². The molecule has 0 spiro atoms. The highest BCUT2D eigenvalue weighted by Crippen LogP contribution is 2.30. The highest BCUT2D eigenvalue weighted by atomic mass is 16.5. The molecule has 2 nitrogen and oxygen atoms in total. The van der Waals surface area contributed by atoms with Gasteiger partial charge in [-0.1, -0.05) is 24.8 Å². The van der Waals surface area contributed by atoms with E-state index in [0.29, 0.717) is 5.92 Å². The number of nitrogens with two attached hydrogens (primary N) is 1. The zero-order chi connectivity index (χ0) is 12.7. The minimum absolute atomic E-state index is 0.176. The first-order valence-corrected chi connectivity index (χ1v) is 7.16. The van der Waals surface area contributed by atoms with E-state index in [-0.39, 0.29) is 12.1 Å². The Morgan fingerprint density at radius 3 is 2.53 bits per heavy atom. The zero-order valence-electron chi connectivity index (χ0n) is 11.6. The molecule has 1 saturated carbocycles. The van der Waals surface area contributed by atoms with Crippen molar-refractivity contribution >= 4 is 0 Å². The molecule has 0 aromatic heterocycles. The predicted molar refractivity (Wildman–Crippen MR) is 74.0 cm³/mol. The minimum Gasteiger partial charge on any atom is -0.377 e. The molecular weight excluding hydrogens is 210 g/mol. The average molecular weight is 239 g/mol. The van der Waals surface area contributed by atoms with Crippen LogP contribution < -0.4 is 5.73 Å². The van der Waals surface area contributed by atoms with E-state index in [4.69, 9.17) is 10.5 Å². The molecule has 2 N–H and O–H groups in total. The molecule has 2 unspecified atom stereocenters. The Morgan fingerprint density at radius 2 is 2.00 bits per heavy atom. The van der Waals surface area contributed by atoms with Gasteiger partial charge in [0.15, 0.2) is 0 Å². The van der Waals surface area contributed by atoms with E-state index in [1.54, 1.807) is 0 Å². The maximum Gasteiger partial charge on any atom is 0.0753 e. The third-order valence-electron chi connectivity index (χ3n) is 3.80. The molecule has 0 aliphatic heterocycles. The molecule has 0 aromatic carbocycles. The Balaban J connectivity index is 2.47. The van der Waals surface area contributed by atoms with Gasteiger partial charge in [-0.25, -0.2) is 0 Å². The van der Waals surface area contributed by atoms with Gasteiger partial charge in [-0.2, -0.15) is 0 Å². The van der Waals surface area contributed by atoms with Crippen LogP contribution in [0.4, 0.5) is 0 Å². The Bertz CT molecular complexity index is 221. The molecule has 0 amide bonds. The lowest BCUT2D eigenvalue weighted by molar-refractivity contribution is -0.0107. The Labute approximate surface area is 107 Å². The Hall–Kier alpha value is -0.340. The van der Waals surface area contributed by atoms with Crippen LogP contribution in [-0.2, 0) is 4.74 Å². The van der Waals surface area contributed by atoms with Gasteiger partial charge in [0, 0.05) is 12.6 Å². The van der Waals surface area contributed by atoms with E-state index in [1.807, 2.05) is 0 Å². The summed E-state index contributed by atoms with van der Waals surface area (Å²) in [6, 6.07) is 0.176. The van der Waals surface area contributed by atoms with Crippen molar-refractivity contribution in [2.75, 3.05) is 6.61 Å². The van der Waals surface area contributed by atoms with Crippen molar-refractivity contribution in [3.8, 4) is 0 Å². The molecule has 0 aromatic rings. The van der Waals surface area contributed by atoms with Gasteiger partial charge in [0.25, 0.3) is 0 Å². The lowest BCUT2D eigenvalue weighted by Gasteiger charge is -2.34. The SMILES string of the molecule is C=C(C)CCC(N)C(OCC)C1CCCCC1. The summed E-state index contributed by atoms with van der Waals surface area (Å²) in [5.41, 5.74) is 7.54. The summed E-state index contributed by atoms with van der Waals surface area (Å²) in [5, 5.41) is 0. The molecule has 100 valence electrons. The topological polar surface area (TPSA) is 35.2 Å². The molecule has 1 rings (SSSR count). The summed E-state index contributed by atoms with van der Waals surface area (Å²) >= 11 is 0. The zero-order valence-corrected chi connectivity index (χ0v) is 11.6. The highest BCUT2D eigenvalue weighted by molar-refractivity contribution is 4.91. The second-order valence-electron chi connectivity index (χ2n) is 5.48. The average Bonchev–Trinajstić information content (AvgIpc) is 2.34. The van der Waals surface area contributed by atoms with E-state index < -0.39 is 0 Å². The predicted octanol–water partition coefficient (Wildman–Crippen LogP) is 3.66. The van der Waals surface area contributed by atoms with E-state index in [9.17, 15) is 0 Å². The molecule has 0 heterocycles. The molecule has 0 saturated heterocycles. The van der Waals surface area contributed by atoms with Gasteiger partial charge in [-0.05, 0) is 45.4 Å². The Morgan fingerprint density at radius 1 is 1.35 bits per heavy atom. The summed E-state index contributed by atoms with van der Waals surface area (Å²) in [7, 11) is 0. The lowest BCUT2D eigenvalue weighted by Crippen LogP contribution is -2.42. The maximum atomic E-state index is 6.32. The van der Waals surface area contributed by atoms with Crippen molar-refractivity contribution in [2.24, 2.45) is 11.7 Å². The van der Waals surface area contributed by atoms with E-state index in [0.717, 1.165) is 19.4 Å². The molecular formula is C15H29NO. The van der Waals surface area contributed by atoms with Gasteiger partial charge in [0.05, 0.1) is 6.10 Å². The molecule has 0 bridgehead atoms. The number of rotatable bonds is 7. The fourth-order valence-corrected chi connectivity index (χ4v) is 2.84. The number of allylic oxidation sites excluding steroid dienone is 1. The summed E-state index contributed by atoms with van der Waals surface area (Å²) in [4.78, 5) is 0. The fraction of sp³-hybridized carbons (Fsp3) is 0.867. The van der Waals surface area contributed by atoms with Crippen LogP contribution in [0.2, 0.25) is 0 Å². The smallest absolute Gasteiger partial charge is 0.0753 e. The second kappa shape index (κ2) is 7.88.